The standard InChI is InChI=1S/C21H28N2O/c1-3-14-9-13-10-18-20(14)22(12-13)8-7-16-17-11-15(24)5-6-19(17)23(4-2)21(16)18/h5-6,11,13-14,18,20,24H,3-4,7-10,12H2,1-2H3/t13-,14+,18-,20+/m1/s1. The molecule has 4 heterocycles. The number of benzene rings is 1. The van der Waals surface area contributed by atoms with Crippen LogP contribution in [0, 0.1) is 11.8 Å². The molecule has 1 unspecified atom stereocenters. The van der Waals surface area contributed by atoms with E-state index in [1.54, 1.807) is 5.69 Å². The topological polar surface area (TPSA) is 28.4 Å². The molecule has 4 bridgehead atoms. The van der Waals surface area contributed by atoms with E-state index < -0.39 is 0 Å². The van der Waals surface area contributed by atoms with Crippen LogP contribution in [-0.2, 0) is 13.0 Å². The average Bonchev–Trinajstić information content (AvgIpc) is 2.85. The zero-order chi connectivity index (χ0) is 16.4. The minimum Gasteiger partial charge on any atom is -0.508 e. The van der Waals surface area contributed by atoms with E-state index in [1.165, 1.54) is 48.8 Å². The van der Waals surface area contributed by atoms with Gasteiger partial charge in [-0.3, -0.25) is 4.90 Å². The van der Waals surface area contributed by atoms with Crippen molar-refractivity contribution in [3.05, 3.63) is 29.5 Å². The molecule has 0 radical (unpaired) electrons. The molecule has 2 saturated heterocycles. The van der Waals surface area contributed by atoms with Crippen LogP contribution < -0.4 is 0 Å². The van der Waals surface area contributed by atoms with E-state index in [1.807, 2.05) is 12.1 Å². The number of nitrogens with zero attached hydrogens (tertiary/aromatic N) is 2. The number of hydrogen-bond acceptors (Lipinski definition) is 2. The van der Waals surface area contributed by atoms with Crippen LogP contribution in [0.1, 0.15) is 50.3 Å². The van der Waals surface area contributed by atoms with Gasteiger partial charge in [-0.1, -0.05) is 13.3 Å². The zero-order valence-electron chi connectivity index (χ0n) is 14.8. The van der Waals surface area contributed by atoms with Crippen LogP contribution in [0.3, 0.4) is 0 Å². The largest absolute Gasteiger partial charge is 0.508 e. The fourth-order valence-electron chi connectivity index (χ4n) is 6.28. The monoisotopic (exact) mass is 324 g/mol. The molecule has 1 N–H and O–H groups in total. The molecule has 5 atom stereocenters. The Bertz CT molecular complexity index is 793. The maximum atomic E-state index is 10.0. The lowest BCUT2D eigenvalue weighted by atomic mass is 9.65. The molecule has 24 heavy (non-hydrogen) atoms. The number of phenols is 1. The van der Waals surface area contributed by atoms with Crippen LogP contribution in [0.2, 0.25) is 0 Å². The molecule has 1 aromatic carbocycles. The first-order valence-corrected chi connectivity index (χ1v) is 9.79. The van der Waals surface area contributed by atoms with Crippen LogP contribution in [0.5, 0.6) is 5.75 Å². The number of aryl methyl sites for hydroxylation is 1. The Hall–Kier alpha value is -1.48. The summed E-state index contributed by atoms with van der Waals surface area (Å²) in [5.41, 5.74) is 4.45. The highest BCUT2D eigenvalue weighted by molar-refractivity contribution is 5.87. The van der Waals surface area contributed by atoms with Crippen LogP contribution in [0.25, 0.3) is 10.9 Å². The zero-order valence-corrected chi connectivity index (χ0v) is 14.8. The second kappa shape index (κ2) is 5.26. The van der Waals surface area contributed by atoms with E-state index in [4.69, 9.17) is 0 Å². The van der Waals surface area contributed by atoms with Crippen molar-refractivity contribution in [2.75, 3.05) is 13.1 Å². The van der Waals surface area contributed by atoms with Gasteiger partial charge in [0, 0.05) is 48.2 Å². The molecule has 3 heteroatoms. The maximum Gasteiger partial charge on any atom is 0.116 e. The van der Waals surface area contributed by atoms with Gasteiger partial charge in [0.2, 0.25) is 0 Å². The average molecular weight is 324 g/mol. The van der Waals surface area contributed by atoms with Gasteiger partial charge in [-0.2, -0.15) is 0 Å². The van der Waals surface area contributed by atoms with Crippen molar-refractivity contribution in [2.24, 2.45) is 11.8 Å². The lowest BCUT2D eigenvalue weighted by Gasteiger charge is -2.53. The smallest absolute Gasteiger partial charge is 0.116 e. The summed E-state index contributed by atoms with van der Waals surface area (Å²) in [7, 11) is 0. The number of fused-ring (bicyclic) bond motifs is 4. The third-order valence-electron chi connectivity index (χ3n) is 7.07. The Labute approximate surface area is 144 Å². The summed E-state index contributed by atoms with van der Waals surface area (Å²) in [6, 6.07) is 6.71. The predicted molar refractivity (Wildman–Crippen MR) is 97.6 cm³/mol. The molecule has 3 nitrogen and oxygen atoms in total. The van der Waals surface area contributed by atoms with E-state index >= 15 is 0 Å². The minimum absolute atomic E-state index is 0.402. The summed E-state index contributed by atoms with van der Waals surface area (Å²) in [5.74, 6) is 2.84. The van der Waals surface area contributed by atoms with Crippen molar-refractivity contribution < 1.29 is 5.11 Å². The highest BCUT2D eigenvalue weighted by atomic mass is 16.3. The molecular weight excluding hydrogens is 296 g/mol. The SMILES string of the molecule is CC[C@H]1C[C@@H]2C[C@H]3c4c(c5cc(O)ccc5n4CC)CCN(C2)[C@@H]13. The molecule has 1 saturated carbocycles. The maximum absolute atomic E-state index is 10.0. The first-order chi connectivity index (χ1) is 11.7. The summed E-state index contributed by atoms with van der Waals surface area (Å²) >= 11 is 0. The molecule has 1 aromatic heterocycles. The van der Waals surface area contributed by atoms with Gasteiger partial charge in [0.05, 0.1) is 0 Å². The fourth-order valence-corrected chi connectivity index (χ4v) is 6.28. The Morgan fingerprint density at radius 3 is 2.88 bits per heavy atom. The predicted octanol–water partition coefficient (Wildman–Crippen LogP) is 4.13. The van der Waals surface area contributed by atoms with Crippen molar-refractivity contribution in [1.82, 2.24) is 9.47 Å². The highest BCUT2D eigenvalue weighted by Gasteiger charge is 2.49. The van der Waals surface area contributed by atoms with Crippen molar-refractivity contribution in [2.45, 2.75) is 58.0 Å². The number of phenolic OH excluding ortho intramolecular Hbond substituents is 1. The van der Waals surface area contributed by atoms with Gasteiger partial charge in [0.25, 0.3) is 0 Å². The molecule has 1 aliphatic carbocycles. The van der Waals surface area contributed by atoms with E-state index in [-0.39, 0.29) is 0 Å². The van der Waals surface area contributed by atoms with Crippen molar-refractivity contribution >= 4 is 10.9 Å². The van der Waals surface area contributed by atoms with Crippen LogP contribution >= 0.6 is 0 Å². The van der Waals surface area contributed by atoms with Gasteiger partial charge in [0.1, 0.15) is 5.75 Å². The third kappa shape index (κ3) is 1.88. The summed E-state index contributed by atoms with van der Waals surface area (Å²) in [5, 5.41) is 11.3. The Morgan fingerprint density at radius 1 is 1.21 bits per heavy atom. The summed E-state index contributed by atoms with van der Waals surface area (Å²) < 4.78 is 2.56. The molecular formula is C21H28N2O. The number of piperidine rings is 2. The first kappa shape index (κ1) is 14.8. The first-order valence-electron chi connectivity index (χ1n) is 9.79. The number of rotatable bonds is 2. The van der Waals surface area contributed by atoms with E-state index in [9.17, 15) is 5.11 Å². The van der Waals surface area contributed by atoms with Gasteiger partial charge in [0.15, 0.2) is 0 Å². The summed E-state index contributed by atoms with van der Waals surface area (Å²) in [4.78, 5) is 2.81. The Kier molecular flexibility index (Phi) is 3.25. The van der Waals surface area contributed by atoms with Gasteiger partial charge in [-0.05, 0) is 61.8 Å². The lowest BCUT2D eigenvalue weighted by Crippen LogP contribution is -2.56. The number of aromatic nitrogens is 1. The van der Waals surface area contributed by atoms with Crippen LogP contribution in [0.4, 0.5) is 0 Å². The van der Waals surface area contributed by atoms with Crippen molar-refractivity contribution in [1.29, 1.82) is 0 Å². The molecule has 3 fully saturated rings. The van der Waals surface area contributed by atoms with Gasteiger partial charge >= 0.3 is 0 Å². The molecule has 0 amide bonds. The van der Waals surface area contributed by atoms with Gasteiger partial charge in [-0.15, -0.1) is 0 Å². The van der Waals surface area contributed by atoms with E-state index in [2.05, 4.69) is 29.4 Å². The third-order valence-corrected chi connectivity index (χ3v) is 7.07. The molecule has 2 aromatic rings. The molecule has 6 rings (SSSR count). The molecule has 0 spiro atoms. The van der Waals surface area contributed by atoms with Crippen molar-refractivity contribution in [3.63, 3.8) is 0 Å². The summed E-state index contributed by atoms with van der Waals surface area (Å²) in [6.45, 7) is 8.19. The number of aromatic hydroxyl groups is 1. The number of hydrogen-bond donors (Lipinski definition) is 1. The van der Waals surface area contributed by atoms with Gasteiger partial charge in [-0.25, -0.2) is 0 Å². The second-order valence-electron chi connectivity index (χ2n) is 8.16. The lowest BCUT2D eigenvalue weighted by molar-refractivity contribution is -0.0141. The molecule has 128 valence electrons. The summed E-state index contributed by atoms with van der Waals surface area (Å²) in [6.07, 6.45) is 5.26. The molecule has 3 aliphatic heterocycles. The minimum atomic E-state index is 0.402. The fraction of sp³-hybridized carbons (Fsp3) is 0.619. The molecule has 4 aliphatic rings. The van der Waals surface area contributed by atoms with Gasteiger partial charge < -0.3 is 9.67 Å². The van der Waals surface area contributed by atoms with E-state index in [0.29, 0.717) is 11.7 Å². The Balaban J connectivity index is 1.75. The van der Waals surface area contributed by atoms with Crippen molar-refractivity contribution in [3.8, 4) is 5.75 Å². The van der Waals surface area contributed by atoms with Crippen LogP contribution in [-0.4, -0.2) is 33.7 Å². The second-order valence-corrected chi connectivity index (χ2v) is 8.16. The van der Waals surface area contributed by atoms with Crippen LogP contribution in [0.15, 0.2) is 18.2 Å². The Morgan fingerprint density at radius 2 is 2.08 bits per heavy atom. The van der Waals surface area contributed by atoms with E-state index in [0.717, 1.165) is 30.8 Å². The highest BCUT2D eigenvalue weighted by Crippen LogP contribution is 2.52. The quantitative estimate of drug-likeness (QED) is 0.900. The normalized spacial score (nSPS) is 34.3.